The summed E-state index contributed by atoms with van der Waals surface area (Å²) in [5.41, 5.74) is 2.37. The molecule has 0 saturated heterocycles. The van der Waals surface area contributed by atoms with E-state index in [1.807, 2.05) is 6.07 Å². The lowest BCUT2D eigenvalue weighted by Gasteiger charge is -2.12. The van der Waals surface area contributed by atoms with Crippen LogP contribution in [0.1, 0.15) is 11.1 Å². The van der Waals surface area contributed by atoms with Crippen LogP contribution in [-0.4, -0.2) is 44.4 Å². The molecule has 3 nitrogen and oxygen atoms in total. The van der Waals surface area contributed by atoms with Gasteiger partial charge in [0.2, 0.25) is 0 Å². The Hall–Kier alpha value is -1.06. The number of likely N-dealkylation sites (N-methyl/N-ethyl adjacent to an activating group) is 1. The first kappa shape index (κ1) is 13.0. The van der Waals surface area contributed by atoms with Crippen LogP contribution < -0.4 is 4.74 Å². The maximum absolute atomic E-state index is 8.98. The van der Waals surface area contributed by atoms with Gasteiger partial charge in [0.05, 0.1) is 7.11 Å². The fourth-order valence-corrected chi connectivity index (χ4v) is 1.66. The normalized spacial score (nSPS) is 10.8. The Morgan fingerprint density at radius 3 is 2.56 bits per heavy atom. The maximum Gasteiger partial charge on any atom is 0.122 e. The molecule has 1 N–H and O–H groups in total. The molecular weight excluding hydrogens is 202 g/mol. The molecular formula is C13H21NO2. The van der Waals surface area contributed by atoms with E-state index >= 15 is 0 Å². The summed E-state index contributed by atoms with van der Waals surface area (Å²) in [4.78, 5) is 2.16. The number of aliphatic hydroxyl groups is 1. The molecule has 0 heterocycles. The summed E-state index contributed by atoms with van der Waals surface area (Å²) in [5, 5.41) is 8.98. The van der Waals surface area contributed by atoms with Gasteiger partial charge in [-0.25, -0.2) is 0 Å². The summed E-state index contributed by atoms with van der Waals surface area (Å²) in [6.07, 6.45) is 1.68. The third-order valence-electron chi connectivity index (χ3n) is 2.57. The van der Waals surface area contributed by atoms with Crippen molar-refractivity contribution >= 4 is 0 Å². The predicted molar refractivity (Wildman–Crippen MR) is 66.0 cm³/mol. The molecule has 3 heteroatoms. The van der Waals surface area contributed by atoms with E-state index in [0.717, 1.165) is 24.3 Å². The lowest BCUT2D eigenvalue weighted by atomic mass is 10.0. The second kappa shape index (κ2) is 6.51. The van der Waals surface area contributed by atoms with Gasteiger partial charge in [0.25, 0.3) is 0 Å². The number of ether oxygens (including phenoxy) is 1. The van der Waals surface area contributed by atoms with E-state index in [9.17, 15) is 0 Å². The van der Waals surface area contributed by atoms with Gasteiger partial charge in [-0.3, -0.25) is 0 Å². The summed E-state index contributed by atoms with van der Waals surface area (Å²) in [5.74, 6) is 0.864. The summed E-state index contributed by atoms with van der Waals surface area (Å²) in [6.45, 7) is 1.19. The first-order valence-corrected chi connectivity index (χ1v) is 5.58. The lowest BCUT2D eigenvalue weighted by molar-refractivity contribution is 0.296. The molecule has 0 spiro atoms. The summed E-state index contributed by atoms with van der Waals surface area (Å²) < 4.78 is 5.26. The van der Waals surface area contributed by atoms with Crippen LogP contribution in [0, 0.1) is 0 Å². The summed E-state index contributed by atoms with van der Waals surface area (Å²) in [7, 11) is 5.80. The molecule has 0 unspecified atom stereocenters. The molecule has 90 valence electrons. The first-order chi connectivity index (χ1) is 7.67. The second-order valence-corrected chi connectivity index (χ2v) is 4.17. The van der Waals surface area contributed by atoms with E-state index < -0.39 is 0 Å². The molecule has 1 rings (SSSR count). The second-order valence-electron chi connectivity index (χ2n) is 4.17. The number of rotatable bonds is 6. The molecule has 0 bridgehead atoms. The third-order valence-corrected chi connectivity index (χ3v) is 2.57. The Morgan fingerprint density at radius 2 is 2.00 bits per heavy atom. The third kappa shape index (κ3) is 3.83. The quantitative estimate of drug-likeness (QED) is 0.790. The van der Waals surface area contributed by atoms with E-state index in [0.29, 0.717) is 6.42 Å². The van der Waals surface area contributed by atoms with Gasteiger partial charge in [0.1, 0.15) is 5.75 Å². The molecule has 0 aliphatic rings. The highest BCUT2D eigenvalue weighted by Gasteiger charge is 2.04. The molecule has 0 atom stereocenters. The van der Waals surface area contributed by atoms with Crippen LogP contribution in [0.3, 0.4) is 0 Å². The van der Waals surface area contributed by atoms with Crippen molar-refractivity contribution in [1.29, 1.82) is 0 Å². The number of methoxy groups -OCH3 is 1. The number of hydrogen-bond donors (Lipinski definition) is 1. The molecule has 0 fully saturated rings. The zero-order chi connectivity index (χ0) is 12.0. The molecule has 1 aromatic carbocycles. The van der Waals surface area contributed by atoms with Crippen LogP contribution in [0.15, 0.2) is 18.2 Å². The van der Waals surface area contributed by atoms with Crippen LogP contribution in [0.2, 0.25) is 0 Å². The standard InChI is InChI=1S/C13H21NO2/c1-14(2)8-6-11-4-5-13(16-3)12(10-11)7-9-15/h4-5,10,15H,6-9H2,1-3H3. The van der Waals surface area contributed by atoms with Crippen LogP contribution >= 0.6 is 0 Å². The fraction of sp³-hybridized carbons (Fsp3) is 0.538. The molecule has 0 aromatic heterocycles. The van der Waals surface area contributed by atoms with Gasteiger partial charge >= 0.3 is 0 Å². The number of nitrogens with zero attached hydrogens (tertiary/aromatic N) is 1. The average Bonchev–Trinajstić information content (AvgIpc) is 2.27. The smallest absolute Gasteiger partial charge is 0.122 e. The molecule has 1 aromatic rings. The molecule has 0 aliphatic heterocycles. The van der Waals surface area contributed by atoms with Crippen molar-refractivity contribution in [3.63, 3.8) is 0 Å². The summed E-state index contributed by atoms with van der Waals surface area (Å²) >= 11 is 0. The monoisotopic (exact) mass is 223 g/mol. The van der Waals surface area contributed by atoms with Crippen molar-refractivity contribution in [2.24, 2.45) is 0 Å². The van der Waals surface area contributed by atoms with E-state index in [1.54, 1.807) is 7.11 Å². The highest BCUT2D eigenvalue weighted by Crippen LogP contribution is 2.20. The van der Waals surface area contributed by atoms with Gasteiger partial charge in [0, 0.05) is 13.2 Å². The predicted octanol–water partition coefficient (Wildman–Crippen LogP) is 1.33. The Bertz CT molecular complexity index is 324. The van der Waals surface area contributed by atoms with Crippen molar-refractivity contribution in [1.82, 2.24) is 4.90 Å². The number of hydrogen-bond acceptors (Lipinski definition) is 3. The Labute approximate surface area is 97.7 Å². The molecule has 0 aliphatic carbocycles. The molecule has 0 radical (unpaired) electrons. The van der Waals surface area contributed by atoms with E-state index in [1.165, 1.54) is 5.56 Å². The van der Waals surface area contributed by atoms with Crippen molar-refractivity contribution < 1.29 is 9.84 Å². The fourth-order valence-electron chi connectivity index (χ4n) is 1.66. The molecule has 16 heavy (non-hydrogen) atoms. The van der Waals surface area contributed by atoms with Crippen molar-refractivity contribution in [3.8, 4) is 5.75 Å². The zero-order valence-corrected chi connectivity index (χ0v) is 10.4. The molecule has 0 amide bonds. The van der Waals surface area contributed by atoms with Crippen molar-refractivity contribution in [2.75, 3.05) is 34.4 Å². The van der Waals surface area contributed by atoms with Crippen LogP contribution in [0.25, 0.3) is 0 Å². The Balaban J connectivity index is 2.76. The maximum atomic E-state index is 8.98. The number of aliphatic hydroxyl groups excluding tert-OH is 1. The van der Waals surface area contributed by atoms with E-state index in [-0.39, 0.29) is 6.61 Å². The summed E-state index contributed by atoms with van der Waals surface area (Å²) in [6, 6.07) is 6.19. The highest BCUT2D eigenvalue weighted by atomic mass is 16.5. The lowest BCUT2D eigenvalue weighted by Crippen LogP contribution is -2.15. The largest absolute Gasteiger partial charge is 0.496 e. The topological polar surface area (TPSA) is 32.7 Å². The van der Waals surface area contributed by atoms with Gasteiger partial charge in [-0.1, -0.05) is 12.1 Å². The first-order valence-electron chi connectivity index (χ1n) is 5.58. The minimum Gasteiger partial charge on any atom is -0.496 e. The molecule has 0 saturated carbocycles. The van der Waals surface area contributed by atoms with Gasteiger partial charge in [-0.05, 0) is 44.1 Å². The van der Waals surface area contributed by atoms with Crippen LogP contribution in [-0.2, 0) is 12.8 Å². The SMILES string of the molecule is COc1ccc(CCN(C)C)cc1CCO. The minimum absolute atomic E-state index is 0.160. The number of benzene rings is 1. The van der Waals surface area contributed by atoms with Crippen LogP contribution in [0.5, 0.6) is 5.75 Å². The van der Waals surface area contributed by atoms with E-state index in [4.69, 9.17) is 9.84 Å². The average molecular weight is 223 g/mol. The Kier molecular flexibility index (Phi) is 5.29. The Morgan fingerprint density at radius 1 is 1.25 bits per heavy atom. The van der Waals surface area contributed by atoms with Crippen molar-refractivity contribution in [2.45, 2.75) is 12.8 Å². The van der Waals surface area contributed by atoms with E-state index in [2.05, 4.69) is 31.1 Å². The minimum atomic E-state index is 0.160. The van der Waals surface area contributed by atoms with Gasteiger partial charge < -0.3 is 14.7 Å². The highest BCUT2D eigenvalue weighted by molar-refractivity contribution is 5.37. The van der Waals surface area contributed by atoms with Crippen molar-refractivity contribution in [3.05, 3.63) is 29.3 Å². The van der Waals surface area contributed by atoms with Gasteiger partial charge in [0.15, 0.2) is 0 Å². The zero-order valence-electron chi connectivity index (χ0n) is 10.4. The van der Waals surface area contributed by atoms with Gasteiger partial charge in [-0.2, -0.15) is 0 Å². The van der Waals surface area contributed by atoms with Gasteiger partial charge in [-0.15, -0.1) is 0 Å². The van der Waals surface area contributed by atoms with Crippen LogP contribution in [0.4, 0.5) is 0 Å².